The molecule has 0 unspecified atom stereocenters. The summed E-state index contributed by atoms with van der Waals surface area (Å²) < 4.78 is 5.59. The molecule has 0 bridgehead atoms. The molecule has 0 radical (unpaired) electrons. The van der Waals surface area contributed by atoms with Gasteiger partial charge in [-0.05, 0) is 18.2 Å². The van der Waals surface area contributed by atoms with Crippen molar-refractivity contribution >= 4 is 34.8 Å². The molecule has 0 spiro atoms. The number of allylic oxidation sites excluding steroid dienone is 1. The second kappa shape index (κ2) is 7.40. The van der Waals surface area contributed by atoms with Gasteiger partial charge in [0, 0.05) is 56.4 Å². The summed E-state index contributed by atoms with van der Waals surface area (Å²) in [7, 11) is 0. The van der Waals surface area contributed by atoms with Gasteiger partial charge in [-0.15, -0.1) is 0 Å². The molecule has 150 valence electrons. The van der Waals surface area contributed by atoms with E-state index in [2.05, 4.69) is 15.4 Å². The fourth-order valence-electron chi connectivity index (χ4n) is 3.32. The van der Waals surface area contributed by atoms with Gasteiger partial charge >= 0.3 is 5.97 Å². The number of rotatable bonds is 4. The van der Waals surface area contributed by atoms with Crippen LogP contribution in [0.2, 0.25) is 0 Å². The third-order valence-corrected chi connectivity index (χ3v) is 4.86. The Morgan fingerprint density at radius 1 is 1.31 bits per heavy atom. The van der Waals surface area contributed by atoms with Crippen molar-refractivity contribution in [3.05, 3.63) is 47.3 Å². The smallest absolute Gasteiger partial charge is 0.345 e. The van der Waals surface area contributed by atoms with Crippen molar-refractivity contribution in [3.8, 4) is 0 Å². The number of carbonyl (C=O) groups excluding carboxylic acids is 2. The van der Waals surface area contributed by atoms with E-state index in [1.54, 1.807) is 28.4 Å². The van der Waals surface area contributed by atoms with Crippen LogP contribution < -0.4 is 5.43 Å². The van der Waals surface area contributed by atoms with E-state index in [0.29, 0.717) is 37.4 Å². The minimum absolute atomic E-state index is 0.0131. The molecular weight excluding hydrogens is 378 g/mol. The molecule has 2 aromatic rings. The minimum Gasteiger partial charge on any atom is -0.477 e. The Hall–Kier alpha value is -3.66. The zero-order chi connectivity index (χ0) is 20.5. The number of aromatic nitrogens is 2. The lowest BCUT2D eigenvalue weighted by Crippen LogP contribution is -2.52. The number of H-pyrrole nitrogens is 1. The first kappa shape index (κ1) is 18.7. The first-order valence-corrected chi connectivity index (χ1v) is 9.05. The third kappa shape index (κ3) is 3.57. The summed E-state index contributed by atoms with van der Waals surface area (Å²) in [4.78, 5) is 44.6. The summed E-state index contributed by atoms with van der Waals surface area (Å²) in [6.07, 6.45) is 4.81. The molecule has 1 fully saturated rings. The molecule has 4 rings (SSSR count). The number of carboxylic acid groups (broad SMARTS) is 1. The molecular formula is C19H19N5O5. The highest BCUT2D eigenvalue weighted by Gasteiger charge is 2.37. The summed E-state index contributed by atoms with van der Waals surface area (Å²) >= 11 is 0. The first-order valence-electron chi connectivity index (χ1n) is 9.05. The SMILES string of the molecule is CC(=O)N1CCN(NC2=C(C(=O)O)C(=O)/C(=C/c3c[nH]c4ncccc34)O2)CC1. The van der Waals surface area contributed by atoms with E-state index in [1.807, 2.05) is 6.07 Å². The molecule has 2 aliphatic rings. The third-order valence-electron chi connectivity index (χ3n) is 4.86. The Morgan fingerprint density at radius 2 is 2.07 bits per heavy atom. The Labute approximate surface area is 165 Å². The topological polar surface area (TPSA) is 128 Å². The number of aliphatic carboxylic acids is 1. The number of ether oxygens (including phenoxy) is 1. The lowest BCUT2D eigenvalue weighted by Gasteiger charge is -2.34. The first-order chi connectivity index (χ1) is 13.9. The van der Waals surface area contributed by atoms with Crippen LogP contribution in [0.25, 0.3) is 17.1 Å². The quantitative estimate of drug-likeness (QED) is 0.502. The average Bonchev–Trinajstić information content (AvgIpc) is 3.24. The summed E-state index contributed by atoms with van der Waals surface area (Å²) in [5, 5.41) is 12.0. The van der Waals surface area contributed by atoms with E-state index in [4.69, 9.17) is 4.74 Å². The van der Waals surface area contributed by atoms with Crippen molar-refractivity contribution in [1.82, 2.24) is 25.3 Å². The Kier molecular flexibility index (Phi) is 4.77. The van der Waals surface area contributed by atoms with Crippen LogP contribution in [0.5, 0.6) is 0 Å². The zero-order valence-corrected chi connectivity index (χ0v) is 15.6. The minimum atomic E-state index is -1.37. The number of piperazine rings is 1. The van der Waals surface area contributed by atoms with Crippen LogP contribution in [0.1, 0.15) is 12.5 Å². The number of hydrogen-bond donors (Lipinski definition) is 3. The molecule has 0 aromatic carbocycles. The molecule has 2 aromatic heterocycles. The van der Waals surface area contributed by atoms with Gasteiger partial charge in [0.25, 0.3) is 0 Å². The lowest BCUT2D eigenvalue weighted by atomic mass is 10.1. The van der Waals surface area contributed by atoms with Crippen LogP contribution >= 0.6 is 0 Å². The number of carboxylic acids is 1. The molecule has 29 heavy (non-hydrogen) atoms. The number of nitrogens with zero attached hydrogens (tertiary/aromatic N) is 3. The maximum absolute atomic E-state index is 12.6. The predicted molar refractivity (Wildman–Crippen MR) is 102 cm³/mol. The van der Waals surface area contributed by atoms with Crippen LogP contribution in [-0.4, -0.2) is 68.8 Å². The van der Waals surface area contributed by atoms with Gasteiger partial charge in [0.2, 0.25) is 17.6 Å². The number of fused-ring (bicyclic) bond motifs is 1. The molecule has 2 aliphatic heterocycles. The van der Waals surface area contributed by atoms with Gasteiger partial charge in [-0.2, -0.15) is 0 Å². The molecule has 10 heteroatoms. The number of carbonyl (C=O) groups is 3. The van der Waals surface area contributed by atoms with Gasteiger partial charge in [0.15, 0.2) is 11.3 Å². The van der Waals surface area contributed by atoms with E-state index in [1.165, 1.54) is 13.0 Å². The Bertz CT molecular complexity index is 1060. The van der Waals surface area contributed by atoms with Crippen LogP contribution in [0.3, 0.4) is 0 Å². The van der Waals surface area contributed by atoms with Gasteiger partial charge in [-0.25, -0.2) is 14.8 Å². The number of hydrogen-bond acceptors (Lipinski definition) is 7. The molecule has 10 nitrogen and oxygen atoms in total. The average molecular weight is 397 g/mol. The van der Waals surface area contributed by atoms with Gasteiger partial charge < -0.3 is 19.7 Å². The fraction of sp³-hybridized carbons (Fsp3) is 0.263. The van der Waals surface area contributed by atoms with E-state index >= 15 is 0 Å². The van der Waals surface area contributed by atoms with E-state index in [-0.39, 0.29) is 17.5 Å². The van der Waals surface area contributed by atoms with Crippen LogP contribution in [-0.2, 0) is 19.1 Å². The number of hydrazine groups is 1. The monoisotopic (exact) mass is 397 g/mol. The Balaban J connectivity index is 1.55. The Morgan fingerprint density at radius 3 is 2.76 bits per heavy atom. The van der Waals surface area contributed by atoms with Gasteiger partial charge in [0.05, 0.1) is 0 Å². The standard InChI is InChI=1S/C19H19N5O5/c1-11(25)23-5-7-24(8-6-23)22-18-15(19(27)28)16(26)14(29-18)9-12-10-21-17-13(12)3-2-4-20-17/h2-4,9-10,22H,5-8H2,1H3,(H,20,21)(H,27,28)/b14-9-. The molecule has 0 atom stereocenters. The largest absolute Gasteiger partial charge is 0.477 e. The summed E-state index contributed by atoms with van der Waals surface area (Å²) in [5.41, 5.74) is 3.74. The fourth-order valence-corrected chi connectivity index (χ4v) is 3.32. The summed E-state index contributed by atoms with van der Waals surface area (Å²) in [6.45, 7) is 3.44. The predicted octanol–water partition coefficient (Wildman–Crippen LogP) is 0.468. The maximum atomic E-state index is 12.6. The summed E-state index contributed by atoms with van der Waals surface area (Å²) in [6, 6.07) is 3.61. The highest BCUT2D eigenvalue weighted by Crippen LogP contribution is 2.27. The van der Waals surface area contributed by atoms with Crippen molar-refractivity contribution in [1.29, 1.82) is 0 Å². The highest BCUT2D eigenvalue weighted by atomic mass is 16.5. The molecule has 3 N–H and O–H groups in total. The van der Waals surface area contributed by atoms with E-state index in [9.17, 15) is 19.5 Å². The number of ketones is 1. The van der Waals surface area contributed by atoms with Crippen molar-refractivity contribution in [2.45, 2.75) is 6.92 Å². The second-order valence-electron chi connectivity index (χ2n) is 6.70. The molecule has 0 aliphatic carbocycles. The van der Waals surface area contributed by atoms with Crippen molar-refractivity contribution < 1.29 is 24.2 Å². The lowest BCUT2D eigenvalue weighted by molar-refractivity contribution is -0.134. The number of pyridine rings is 1. The van der Waals surface area contributed by atoms with Gasteiger partial charge in [-0.1, -0.05) is 0 Å². The molecule has 1 amide bonds. The zero-order valence-electron chi connectivity index (χ0n) is 15.6. The summed E-state index contributed by atoms with van der Waals surface area (Å²) in [5.74, 6) is -2.30. The van der Waals surface area contributed by atoms with Crippen molar-refractivity contribution in [2.75, 3.05) is 26.2 Å². The molecule has 0 saturated carbocycles. The molecule has 4 heterocycles. The maximum Gasteiger partial charge on any atom is 0.345 e. The van der Waals surface area contributed by atoms with Crippen molar-refractivity contribution in [3.63, 3.8) is 0 Å². The number of aromatic amines is 1. The van der Waals surface area contributed by atoms with Crippen molar-refractivity contribution in [2.24, 2.45) is 0 Å². The number of Topliss-reactive ketones (excluding diaryl/α,β-unsaturated/α-hetero) is 1. The molecule has 1 saturated heterocycles. The van der Waals surface area contributed by atoms with Crippen LogP contribution in [0.4, 0.5) is 0 Å². The normalized spacial score (nSPS) is 19.1. The number of amides is 1. The second-order valence-corrected chi connectivity index (χ2v) is 6.70. The van der Waals surface area contributed by atoms with E-state index < -0.39 is 17.3 Å². The van der Waals surface area contributed by atoms with Crippen LogP contribution in [0, 0.1) is 0 Å². The van der Waals surface area contributed by atoms with E-state index in [0.717, 1.165) is 5.39 Å². The highest BCUT2D eigenvalue weighted by molar-refractivity contribution is 6.26. The van der Waals surface area contributed by atoms with Gasteiger partial charge in [-0.3, -0.25) is 15.0 Å². The van der Waals surface area contributed by atoms with Gasteiger partial charge in [0.1, 0.15) is 5.65 Å². The number of nitrogens with one attached hydrogen (secondary N) is 2. The van der Waals surface area contributed by atoms with Crippen LogP contribution in [0.15, 0.2) is 41.7 Å².